The lowest BCUT2D eigenvalue weighted by atomic mass is 10.5. The summed E-state index contributed by atoms with van der Waals surface area (Å²) in [6.45, 7) is 0. The molecule has 1 aromatic heterocycles. The molecule has 0 fully saturated rings. The molecular formula is C6H5ClO. The molecular weight excluding hydrogens is 124 g/mol. The highest BCUT2D eigenvalue weighted by molar-refractivity contribution is 6.27. The highest BCUT2D eigenvalue weighted by atomic mass is 35.5. The van der Waals surface area contributed by atoms with Crippen LogP contribution in [-0.2, 0) is 0 Å². The van der Waals surface area contributed by atoms with Crippen LogP contribution in [0.4, 0.5) is 0 Å². The molecule has 0 N–H and O–H groups in total. The second-order valence-electron chi connectivity index (χ2n) is 1.31. The number of furan rings is 1. The third-order valence-electron chi connectivity index (χ3n) is 0.770. The molecule has 0 spiro atoms. The van der Waals surface area contributed by atoms with Crippen molar-refractivity contribution in [2.75, 3.05) is 0 Å². The van der Waals surface area contributed by atoms with E-state index in [4.69, 9.17) is 16.0 Å². The van der Waals surface area contributed by atoms with Gasteiger partial charge in [-0.2, -0.15) is 0 Å². The maximum atomic E-state index is 5.25. The molecule has 0 saturated carbocycles. The van der Waals surface area contributed by atoms with Gasteiger partial charge in [0.25, 0.3) is 0 Å². The average molecular weight is 129 g/mol. The average Bonchev–Trinajstić information content (AvgIpc) is 2.19. The number of rotatable bonds is 1. The van der Waals surface area contributed by atoms with Crippen molar-refractivity contribution in [1.29, 1.82) is 0 Å². The highest BCUT2D eigenvalue weighted by Gasteiger charge is 1.82. The smallest absolute Gasteiger partial charge is 0.127 e. The molecule has 8 heavy (non-hydrogen) atoms. The fourth-order valence-corrected chi connectivity index (χ4v) is 0.572. The van der Waals surface area contributed by atoms with Crippen LogP contribution in [0.15, 0.2) is 28.3 Å². The van der Waals surface area contributed by atoms with Crippen LogP contribution >= 0.6 is 11.6 Å². The van der Waals surface area contributed by atoms with Crippen LogP contribution in [0.25, 0.3) is 6.08 Å². The largest absolute Gasteiger partial charge is 0.465 e. The normalized spacial score (nSPS) is 10.6. The molecule has 1 rings (SSSR count). The third kappa shape index (κ3) is 1.14. The summed E-state index contributed by atoms with van der Waals surface area (Å²) in [5, 5.41) is 0. The predicted octanol–water partition coefficient (Wildman–Crippen LogP) is 2.49. The molecule has 0 atom stereocenters. The fourth-order valence-electron chi connectivity index (χ4n) is 0.448. The van der Waals surface area contributed by atoms with Crippen molar-refractivity contribution in [3.63, 3.8) is 0 Å². The van der Waals surface area contributed by atoms with Gasteiger partial charge in [-0.05, 0) is 18.2 Å². The first kappa shape index (κ1) is 5.45. The molecule has 42 valence electrons. The van der Waals surface area contributed by atoms with Gasteiger partial charge >= 0.3 is 0 Å². The van der Waals surface area contributed by atoms with Gasteiger partial charge in [0.2, 0.25) is 0 Å². The molecule has 0 aliphatic heterocycles. The summed E-state index contributed by atoms with van der Waals surface area (Å²) in [6, 6.07) is 3.64. The molecule has 0 bridgehead atoms. The molecule has 0 radical (unpaired) electrons. The summed E-state index contributed by atoms with van der Waals surface area (Å²) in [7, 11) is 0. The van der Waals surface area contributed by atoms with Crippen molar-refractivity contribution in [1.82, 2.24) is 0 Å². The van der Waals surface area contributed by atoms with Crippen LogP contribution in [0.5, 0.6) is 0 Å². The topological polar surface area (TPSA) is 13.1 Å². The molecule has 0 saturated heterocycles. The van der Waals surface area contributed by atoms with Gasteiger partial charge in [0.15, 0.2) is 0 Å². The number of hydrogen-bond donors (Lipinski definition) is 0. The van der Waals surface area contributed by atoms with Crippen LogP contribution in [0.2, 0.25) is 0 Å². The summed E-state index contributed by atoms with van der Waals surface area (Å²) < 4.78 is 4.90. The highest BCUT2D eigenvalue weighted by Crippen LogP contribution is 2.02. The zero-order valence-electron chi connectivity index (χ0n) is 4.17. The number of hydrogen-bond acceptors (Lipinski definition) is 1. The summed E-state index contributed by atoms with van der Waals surface area (Å²) in [5.74, 6) is 0.778. The van der Waals surface area contributed by atoms with Gasteiger partial charge < -0.3 is 4.42 Å². The molecule has 0 unspecified atom stereocenters. The monoisotopic (exact) mass is 128 g/mol. The minimum Gasteiger partial charge on any atom is -0.465 e. The van der Waals surface area contributed by atoms with Crippen molar-refractivity contribution in [2.24, 2.45) is 0 Å². The minimum absolute atomic E-state index is 0.778. The Labute approximate surface area is 52.6 Å². The van der Waals surface area contributed by atoms with Gasteiger partial charge in [-0.25, -0.2) is 0 Å². The molecule has 1 nitrogen and oxygen atoms in total. The van der Waals surface area contributed by atoms with Crippen molar-refractivity contribution in [3.05, 3.63) is 29.7 Å². The molecule has 1 aromatic rings. The maximum absolute atomic E-state index is 5.25. The Hall–Kier alpha value is -0.690. The van der Waals surface area contributed by atoms with Gasteiger partial charge in [0.1, 0.15) is 5.76 Å². The number of halogens is 1. The van der Waals surface area contributed by atoms with Gasteiger partial charge in [0, 0.05) is 5.54 Å². The van der Waals surface area contributed by atoms with Crippen molar-refractivity contribution >= 4 is 17.7 Å². The van der Waals surface area contributed by atoms with Gasteiger partial charge in [-0.1, -0.05) is 11.6 Å². The molecule has 0 aliphatic rings. The first-order valence-electron chi connectivity index (χ1n) is 2.24. The zero-order chi connectivity index (χ0) is 5.82. The Morgan fingerprint density at radius 1 is 1.62 bits per heavy atom. The first-order chi connectivity index (χ1) is 3.93. The van der Waals surface area contributed by atoms with Gasteiger partial charge in [-0.15, -0.1) is 0 Å². The Morgan fingerprint density at radius 3 is 3.00 bits per heavy atom. The third-order valence-corrected chi connectivity index (χ3v) is 0.896. The van der Waals surface area contributed by atoms with Gasteiger partial charge in [0.05, 0.1) is 6.26 Å². The summed E-state index contributed by atoms with van der Waals surface area (Å²) >= 11 is 5.25. The second-order valence-corrected chi connectivity index (χ2v) is 1.56. The van der Waals surface area contributed by atoms with Crippen LogP contribution in [0, 0.1) is 0 Å². The molecule has 0 aliphatic carbocycles. The molecule has 2 heteroatoms. The SMILES string of the molecule is Cl/C=C\c1ccco1. The van der Waals surface area contributed by atoms with E-state index < -0.39 is 0 Å². The van der Waals surface area contributed by atoms with E-state index in [1.54, 1.807) is 12.3 Å². The van der Waals surface area contributed by atoms with Crippen molar-refractivity contribution in [3.8, 4) is 0 Å². The Balaban J connectivity index is 2.77. The lowest BCUT2D eigenvalue weighted by Gasteiger charge is -1.75. The standard InChI is InChI=1S/C6H5ClO/c7-4-3-6-2-1-5-8-6/h1-5H/b4-3-. The minimum atomic E-state index is 0.778. The van der Waals surface area contributed by atoms with Gasteiger partial charge in [-0.3, -0.25) is 0 Å². The Morgan fingerprint density at radius 2 is 2.50 bits per heavy atom. The van der Waals surface area contributed by atoms with Crippen LogP contribution in [0.1, 0.15) is 5.76 Å². The summed E-state index contributed by atoms with van der Waals surface area (Å²) in [5.41, 5.74) is 1.42. The van der Waals surface area contributed by atoms with Crippen LogP contribution in [-0.4, -0.2) is 0 Å². The lowest BCUT2D eigenvalue weighted by molar-refractivity contribution is 0.557. The summed E-state index contributed by atoms with van der Waals surface area (Å²) in [6.07, 6.45) is 3.29. The van der Waals surface area contributed by atoms with E-state index in [2.05, 4.69) is 0 Å². The Kier molecular flexibility index (Phi) is 1.75. The van der Waals surface area contributed by atoms with E-state index in [0.717, 1.165) is 5.76 Å². The van der Waals surface area contributed by atoms with Crippen LogP contribution in [0.3, 0.4) is 0 Å². The van der Waals surface area contributed by atoms with E-state index in [0.29, 0.717) is 0 Å². The van der Waals surface area contributed by atoms with E-state index in [9.17, 15) is 0 Å². The maximum Gasteiger partial charge on any atom is 0.127 e. The fraction of sp³-hybridized carbons (Fsp3) is 0. The van der Waals surface area contributed by atoms with E-state index in [1.807, 2.05) is 12.1 Å². The van der Waals surface area contributed by atoms with Crippen molar-refractivity contribution in [2.45, 2.75) is 0 Å². The van der Waals surface area contributed by atoms with E-state index in [1.165, 1.54) is 5.54 Å². The van der Waals surface area contributed by atoms with Crippen molar-refractivity contribution < 1.29 is 4.42 Å². The molecule has 0 amide bonds. The predicted molar refractivity (Wildman–Crippen MR) is 33.6 cm³/mol. The Bertz CT molecular complexity index is 165. The lowest BCUT2D eigenvalue weighted by Crippen LogP contribution is -1.53. The zero-order valence-corrected chi connectivity index (χ0v) is 4.93. The summed E-state index contributed by atoms with van der Waals surface area (Å²) in [4.78, 5) is 0. The molecule has 0 aromatic carbocycles. The van der Waals surface area contributed by atoms with E-state index >= 15 is 0 Å². The molecule has 1 heterocycles. The first-order valence-corrected chi connectivity index (χ1v) is 2.67. The quantitative estimate of drug-likeness (QED) is 0.567. The van der Waals surface area contributed by atoms with Crippen LogP contribution < -0.4 is 0 Å². The second kappa shape index (κ2) is 2.58. The van der Waals surface area contributed by atoms with E-state index in [-0.39, 0.29) is 0 Å².